The van der Waals surface area contributed by atoms with Crippen LogP contribution in [0.5, 0.6) is 0 Å². The van der Waals surface area contributed by atoms with Gasteiger partial charge in [-0.05, 0) is 42.4 Å². The minimum Gasteiger partial charge on any atom is -0.392 e. The molecule has 0 unspecified atom stereocenters. The van der Waals surface area contributed by atoms with Gasteiger partial charge in [0.2, 0.25) is 0 Å². The second-order valence-corrected chi connectivity index (χ2v) is 5.97. The highest BCUT2D eigenvalue weighted by Gasteiger charge is 2.26. The average Bonchev–Trinajstić information content (AvgIpc) is 2.27. The number of aliphatic hydroxyl groups is 1. The van der Waals surface area contributed by atoms with E-state index in [0.29, 0.717) is 5.41 Å². The van der Waals surface area contributed by atoms with E-state index in [4.69, 9.17) is 5.11 Å². The molecule has 94 valence electrons. The number of piperidine rings is 1. The third-order valence-electron chi connectivity index (χ3n) is 3.68. The molecule has 1 heterocycles. The zero-order valence-electron chi connectivity index (χ0n) is 11.2. The predicted octanol–water partition coefficient (Wildman–Crippen LogP) is 3.11. The molecule has 2 nitrogen and oxygen atoms in total. The van der Waals surface area contributed by atoms with Crippen LogP contribution in [0.2, 0.25) is 0 Å². The van der Waals surface area contributed by atoms with E-state index in [2.05, 4.69) is 37.8 Å². The van der Waals surface area contributed by atoms with Crippen LogP contribution < -0.4 is 4.90 Å². The molecule has 0 atom stereocenters. The molecule has 1 N–H and O–H groups in total. The lowest BCUT2D eigenvalue weighted by Gasteiger charge is -2.40. The van der Waals surface area contributed by atoms with Crippen molar-refractivity contribution in [3.63, 3.8) is 0 Å². The summed E-state index contributed by atoms with van der Waals surface area (Å²) in [6.45, 7) is 9.24. The van der Waals surface area contributed by atoms with E-state index < -0.39 is 0 Å². The summed E-state index contributed by atoms with van der Waals surface area (Å²) in [7, 11) is 0. The van der Waals surface area contributed by atoms with E-state index in [1.807, 2.05) is 6.07 Å². The second kappa shape index (κ2) is 4.69. The number of hydrogen-bond donors (Lipinski definition) is 1. The van der Waals surface area contributed by atoms with Crippen molar-refractivity contribution in [3.8, 4) is 0 Å². The van der Waals surface area contributed by atoms with Gasteiger partial charge in [0.05, 0.1) is 6.61 Å². The van der Waals surface area contributed by atoms with Gasteiger partial charge in [-0.3, -0.25) is 0 Å². The zero-order valence-corrected chi connectivity index (χ0v) is 11.2. The highest BCUT2D eigenvalue weighted by Crippen LogP contribution is 2.33. The summed E-state index contributed by atoms with van der Waals surface area (Å²) in [5.41, 5.74) is 4.02. The quantitative estimate of drug-likeness (QED) is 0.848. The maximum atomic E-state index is 9.13. The molecule has 0 saturated carbocycles. The molecule has 1 aromatic rings. The summed E-state index contributed by atoms with van der Waals surface area (Å²) in [6.07, 6.45) is 2.59. The SMILES string of the molecule is Cc1cc(CO)ccc1N1CCCC(C)(C)C1. The standard InChI is InChI=1S/C15H23NO/c1-12-9-13(10-17)5-6-14(12)16-8-4-7-15(2,3)11-16/h5-6,9,17H,4,7-8,10-11H2,1-3H3. The third kappa shape index (κ3) is 2.81. The van der Waals surface area contributed by atoms with Crippen LogP contribution in [0, 0.1) is 12.3 Å². The van der Waals surface area contributed by atoms with Crippen molar-refractivity contribution in [2.75, 3.05) is 18.0 Å². The molecule has 0 aromatic heterocycles. The molecule has 1 aliphatic heterocycles. The van der Waals surface area contributed by atoms with Gasteiger partial charge in [-0.2, -0.15) is 0 Å². The van der Waals surface area contributed by atoms with E-state index in [1.54, 1.807) is 0 Å². The van der Waals surface area contributed by atoms with Crippen molar-refractivity contribution in [2.24, 2.45) is 5.41 Å². The van der Waals surface area contributed by atoms with Gasteiger partial charge < -0.3 is 10.0 Å². The number of benzene rings is 1. The van der Waals surface area contributed by atoms with Crippen LogP contribution in [0.1, 0.15) is 37.8 Å². The highest BCUT2D eigenvalue weighted by atomic mass is 16.3. The summed E-state index contributed by atoms with van der Waals surface area (Å²) < 4.78 is 0. The Morgan fingerprint density at radius 1 is 1.35 bits per heavy atom. The Kier molecular flexibility index (Phi) is 3.43. The van der Waals surface area contributed by atoms with Crippen molar-refractivity contribution in [1.82, 2.24) is 0 Å². The maximum absolute atomic E-state index is 9.13. The fourth-order valence-electron chi connectivity index (χ4n) is 2.80. The normalized spacial score (nSPS) is 19.4. The molecule has 1 fully saturated rings. The van der Waals surface area contributed by atoms with Crippen LogP contribution in [0.4, 0.5) is 5.69 Å². The van der Waals surface area contributed by atoms with Gasteiger partial charge in [0.15, 0.2) is 0 Å². The van der Waals surface area contributed by atoms with Crippen LogP contribution in [0.3, 0.4) is 0 Å². The van der Waals surface area contributed by atoms with Crippen LogP contribution in [-0.4, -0.2) is 18.2 Å². The van der Waals surface area contributed by atoms with E-state index in [0.717, 1.165) is 18.7 Å². The van der Waals surface area contributed by atoms with Gasteiger partial charge in [0.25, 0.3) is 0 Å². The first kappa shape index (κ1) is 12.4. The van der Waals surface area contributed by atoms with Crippen molar-refractivity contribution in [1.29, 1.82) is 0 Å². The van der Waals surface area contributed by atoms with Gasteiger partial charge in [0, 0.05) is 18.8 Å². The monoisotopic (exact) mass is 233 g/mol. The predicted molar refractivity (Wildman–Crippen MR) is 72.3 cm³/mol. The highest BCUT2D eigenvalue weighted by molar-refractivity contribution is 5.55. The number of nitrogens with zero attached hydrogens (tertiary/aromatic N) is 1. The van der Waals surface area contributed by atoms with Crippen molar-refractivity contribution >= 4 is 5.69 Å². The van der Waals surface area contributed by atoms with Crippen molar-refractivity contribution in [2.45, 2.75) is 40.2 Å². The average molecular weight is 233 g/mol. The smallest absolute Gasteiger partial charge is 0.0681 e. The fourth-order valence-corrected chi connectivity index (χ4v) is 2.80. The van der Waals surface area contributed by atoms with Gasteiger partial charge in [-0.1, -0.05) is 26.0 Å². The summed E-state index contributed by atoms with van der Waals surface area (Å²) in [5.74, 6) is 0. The minimum absolute atomic E-state index is 0.132. The largest absolute Gasteiger partial charge is 0.392 e. The molecule has 0 spiro atoms. The Labute approximate surface area is 104 Å². The second-order valence-electron chi connectivity index (χ2n) is 5.97. The molecule has 1 aromatic carbocycles. The fraction of sp³-hybridized carbons (Fsp3) is 0.600. The molecule has 0 radical (unpaired) electrons. The number of aryl methyl sites for hydroxylation is 1. The van der Waals surface area contributed by atoms with Gasteiger partial charge >= 0.3 is 0 Å². The lowest BCUT2D eigenvalue weighted by Crippen LogP contribution is -2.40. The topological polar surface area (TPSA) is 23.5 Å². The summed E-state index contributed by atoms with van der Waals surface area (Å²) in [5, 5.41) is 9.13. The number of anilines is 1. The van der Waals surface area contributed by atoms with E-state index in [1.165, 1.54) is 24.1 Å². The van der Waals surface area contributed by atoms with Gasteiger partial charge in [-0.15, -0.1) is 0 Å². The van der Waals surface area contributed by atoms with Gasteiger partial charge in [-0.25, -0.2) is 0 Å². The molecular formula is C15H23NO. The van der Waals surface area contributed by atoms with Crippen LogP contribution in [-0.2, 0) is 6.61 Å². The first-order chi connectivity index (χ1) is 8.02. The minimum atomic E-state index is 0.132. The molecule has 1 aliphatic rings. The Morgan fingerprint density at radius 2 is 2.12 bits per heavy atom. The van der Waals surface area contributed by atoms with Crippen LogP contribution >= 0.6 is 0 Å². The number of rotatable bonds is 2. The molecule has 2 rings (SSSR count). The molecular weight excluding hydrogens is 210 g/mol. The molecule has 1 saturated heterocycles. The Bertz CT molecular complexity index is 398. The third-order valence-corrected chi connectivity index (χ3v) is 3.68. The van der Waals surface area contributed by atoms with Crippen LogP contribution in [0.25, 0.3) is 0 Å². The summed E-state index contributed by atoms with van der Waals surface area (Å²) >= 11 is 0. The maximum Gasteiger partial charge on any atom is 0.0681 e. The molecule has 17 heavy (non-hydrogen) atoms. The Morgan fingerprint density at radius 3 is 2.71 bits per heavy atom. The van der Waals surface area contributed by atoms with E-state index in [-0.39, 0.29) is 6.61 Å². The molecule has 2 heteroatoms. The number of aliphatic hydroxyl groups excluding tert-OH is 1. The summed E-state index contributed by atoms with van der Waals surface area (Å²) in [4.78, 5) is 2.49. The summed E-state index contributed by atoms with van der Waals surface area (Å²) in [6, 6.07) is 6.28. The lowest BCUT2D eigenvalue weighted by atomic mass is 9.84. The first-order valence-corrected chi connectivity index (χ1v) is 6.47. The Balaban J connectivity index is 2.22. The molecule has 0 amide bonds. The van der Waals surface area contributed by atoms with Crippen LogP contribution in [0.15, 0.2) is 18.2 Å². The van der Waals surface area contributed by atoms with Crippen molar-refractivity contribution < 1.29 is 5.11 Å². The van der Waals surface area contributed by atoms with Gasteiger partial charge in [0.1, 0.15) is 0 Å². The lowest BCUT2D eigenvalue weighted by molar-refractivity contribution is 0.281. The zero-order chi connectivity index (χ0) is 12.5. The number of hydrogen-bond acceptors (Lipinski definition) is 2. The van der Waals surface area contributed by atoms with Crippen molar-refractivity contribution in [3.05, 3.63) is 29.3 Å². The molecule has 0 aliphatic carbocycles. The first-order valence-electron chi connectivity index (χ1n) is 6.47. The Hall–Kier alpha value is -1.02. The van der Waals surface area contributed by atoms with E-state index in [9.17, 15) is 0 Å². The van der Waals surface area contributed by atoms with E-state index >= 15 is 0 Å². The molecule has 0 bridgehead atoms.